The van der Waals surface area contributed by atoms with Crippen molar-refractivity contribution in [2.45, 2.75) is 13.0 Å². The predicted molar refractivity (Wildman–Crippen MR) is 74.3 cm³/mol. The standard InChI is InChI=1S/C11H17N3O5S/c1-3-4-12-11(19)14-9(16)6-20-5-8(10(17)18)13-7(2)15/h3,8H,1,4-6H2,2H3,(H,13,15)(H,17,18)(H2,12,14,16,19)/t8-/m0/s1. The van der Waals surface area contributed by atoms with Crippen LogP contribution in [0.3, 0.4) is 0 Å². The van der Waals surface area contributed by atoms with Crippen molar-refractivity contribution < 1.29 is 24.3 Å². The molecule has 0 aromatic carbocycles. The van der Waals surface area contributed by atoms with E-state index >= 15 is 0 Å². The van der Waals surface area contributed by atoms with Gasteiger partial charge in [-0.1, -0.05) is 6.08 Å². The van der Waals surface area contributed by atoms with E-state index in [4.69, 9.17) is 5.11 Å². The molecule has 0 unspecified atom stereocenters. The summed E-state index contributed by atoms with van der Waals surface area (Å²) in [6.45, 7) is 4.84. The summed E-state index contributed by atoms with van der Waals surface area (Å²) in [5, 5.41) is 15.5. The van der Waals surface area contributed by atoms with Crippen molar-refractivity contribution in [2.24, 2.45) is 0 Å². The Morgan fingerprint density at radius 2 is 2.00 bits per heavy atom. The number of thioether (sulfide) groups is 1. The van der Waals surface area contributed by atoms with E-state index in [1.165, 1.54) is 13.0 Å². The third-order valence-corrected chi connectivity index (χ3v) is 2.89. The Bertz CT molecular complexity index is 400. The summed E-state index contributed by atoms with van der Waals surface area (Å²) in [7, 11) is 0. The second kappa shape index (κ2) is 9.84. The van der Waals surface area contributed by atoms with Crippen molar-refractivity contribution in [3.8, 4) is 0 Å². The molecule has 0 aromatic rings. The molecule has 0 heterocycles. The van der Waals surface area contributed by atoms with Crippen molar-refractivity contribution >= 4 is 35.6 Å². The van der Waals surface area contributed by atoms with E-state index < -0.39 is 29.9 Å². The maximum atomic E-state index is 11.3. The molecule has 0 bridgehead atoms. The molecule has 9 heteroatoms. The lowest BCUT2D eigenvalue weighted by Gasteiger charge is -2.12. The number of aliphatic carboxylic acids is 1. The van der Waals surface area contributed by atoms with E-state index in [0.29, 0.717) is 0 Å². The summed E-state index contributed by atoms with van der Waals surface area (Å²) >= 11 is 0.998. The lowest BCUT2D eigenvalue weighted by atomic mass is 10.3. The number of carbonyl (C=O) groups excluding carboxylic acids is 3. The lowest BCUT2D eigenvalue weighted by molar-refractivity contribution is -0.140. The first-order valence-corrected chi connectivity index (χ1v) is 6.78. The molecule has 0 aromatic heterocycles. The molecule has 0 spiro atoms. The number of rotatable bonds is 8. The van der Waals surface area contributed by atoms with Crippen molar-refractivity contribution in [1.82, 2.24) is 16.0 Å². The molecule has 4 N–H and O–H groups in total. The van der Waals surface area contributed by atoms with Crippen LogP contribution in [0, 0.1) is 0 Å². The van der Waals surface area contributed by atoms with Crippen LogP contribution < -0.4 is 16.0 Å². The average molecular weight is 303 g/mol. The van der Waals surface area contributed by atoms with Gasteiger partial charge in [-0.3, -0.25) is 14.9 Å². The molecular weight excluding hydrogens is 286 g/mol. The molecule has 0 saturated carbocycles. The Labute approximate surface area is 120 Å². The predicted octanol–water partition coefficient (Wildman–Crippen LogP) is -0.679. The topological polar surface area (TPSA) is 125 Å². The highest BCUT2D eigenvalue weighted by Crippen LogP contribution is 2.03. The van der Waals surface area contributed by atoms with Gasteiger partial charge in [0.2, 0.25) is 11.8 Å². The summed E-state index contributed by atoms with van der Waals surface area (Å²) in [6, 6.07) is -1.72. The molecule has 1 atom stereocenters. The molecule has 0 rings (SSSR count). The second-order valence-electron chi connectivity index (χ2n) is 3.65. The molecular formula is C11H17N3O5S. The van der Waals surface area contributed by atoms with Crippen LogP contribution in [0.1, 0.15) is 6.92 Å². The summed E-state index contributed by atoms with van der Waals surface area (Å²) in [5.41, 5.74) is 0. The van der Waals surface area contributed by atoms with E-state index in [1.54, 1.807) is 0 Å². The Kier molecular flexibility index (Phi) is 8.84. The van der Waals surface area contributed by atoms with Gasteiger partial charge in [-0.15, -0.1) is 18.3 Å². The summed E-state index contributed by atoms with van der Waals surface area (Å²) in [5.74, 6) is -2.27. The number of hydrogen-bond acceptors (Lipinski definition) is 5. The van der Waals surface area contributed by atoms with Crippen LogP contribution in [0.4, 0.5) is 4.79 Å². The van der Waals surface area contributed by atoms with Crippen LogP contribution in [0.2, 0.25) is 0 Å². The maximum absolute atomic E-state index is 11.3. The zero-order chi connectivity index (χ0) is 15.5. The number of carboxylic acid groups (broad SMARTS) is 1. The van der Waals surface area contributed by atoms with Crippen LogP contribution in [0.5, 0.6) is 0 Å². The minimum Gasteiger partial charge on any atom is -0.480 e. The van der Waals surface area contributed by atoms with E-state index in [9.17, 15) is 19.2 Å². The highest BCUT2D eigenvalue weighted by Gasteiger charge is 2.18. The van der Waals surface area contributed by atoms with Gasteiger partial charge in [0, 0.05) is 19.2 Å². The first-order valence-electron chi connectivity index (χ1n) is 5.63. The van der Waals surface area contributed by atoms with Crippen molar-refractivity contribution in [2.75, 3.05) is 18.1 Å². The highest BCUT2D eigenvalue weighted by molar-refractivity contribution is 8.00. The molecule has 112 valence electrons. The molecule has 4 amide bonds. The van der Waals surface area contributed by atoms with Crippen LogP contribution in [-0.2, 0) is 14.4 Å². The SMILES string of the molecule is C=CCNC(=O)NC(=O)CSC[C@H](NC(C)=O)C(=O)O. The van der Waals surface area contributed by atoms with Crippen LogP contribution in [0.25, 0.3) is 0 Å². The normalized spacial score (nSPS) is 11.1. The number of carboxylic acids is 1. The minimum atomic E-state index is -1.18. The summed E-state index contributed by atoms with van der Waals surface area (Å²) in [6.07, 6.45) is 1.46. The van der Waals surface area contributed by atoms with Gasteiger partial charge >= 0.3 is 12.0 Å². The smallest absolute Gasteiger partial charge is 0.327 e. The lowest BCUT2D eigenvalue weighted by Crippen LogP contribution is -2.42. The van der Waals surface area contributed by atoms with Crippen LogP contribution in [-0.4, -0.2) is 53.0 Å². The Morgan fingerprint density at radius 1 is 1.35 bits per heavy atom. The molecule has 8 nitrogen and oxygen atoms in total. The fourth-order valence-electron chi connectivity index (χ4n) is 1.06. The Hall–Kier alpha value is -2.03. The number of carbonyl (C=O) groups is 4. The summed E-state index contributed by atoms with van der Waals surface area (Å²) in [4.78, 5) is 44.0. The Morgan fingerprint density at radius 3 is 2.50 bits per heavy atom. The molecule has 20 heavy (non-hydrogen) atoms. The van der Waals surface area contributed by atoms with Gasteiger partial charge in [0.25, 0.3) is 0 Å². The quantitative estimate of drug-likeness (QED) is 0.440. The average Bonchev–Trinajstić information content (AvgIpc) is 2.34. The van der Waals surface area contributed by atoms with Gasteiger partial charge in [-0.25, -0.2) is 9.59 Å². The second-order valence-corrected chi connectivity index (χ2v) is 4.68. The number of urea groups is 1. The van der Waals surface area contributed by atoms with Crippen LogP contribution in [0.15, 0.2) is 12.7 Å². The van der Waals surface area contributed by atoms with E-state index in [-0.39, 0.29) is 18.1 Å². The summed E-state index contributed by atoms with van der Waals surface area (Å²) < 4.78 is 0. The first kappa shape index (κ1) is 18.0. The van der Waals surface area contributed by atoms with Gasteiger partial charge in [-0.2, -0.15) is 0 Å². The zero-order valence-corrected chi connectivity index (χ0v) is 11.8. The fraction of sp³-hybridized carbons (Fsp3) is 0.455. The fourth-order valence-corrected chi connectivity index (χ4v) is 1.90. The molecule has 0 fully saturated rings. The first-order chi connectivity index (χ1) is 9.36. The van der Waals surface area contributed by atoms with Crippen molar-refractivity contribution in [3.05, 3.63) is 12.7 Å². The Balaban J connectivity index is 3.99. The van der Waals surface area contributed by atoms with Crippen LogP contribution >= 0.6 is 11.8 Å². The third-order valence-electron chi connectivity index (χ3n) is 1.85. The molecule has 0 aliphatic heterocycles. The van der Waals surface area contributed by atoms with Gasteiger partial charge in [0.1, 0.15) is 6.04 Å². The highest BCUT2D eigenvalue weighted by atomic mass is 32.2. The molecule has 0 aliphatic rings. The van der Waals surface area contributed by atoms with E-state index in [1.807, 2.05) is 0 Å². The molecule has 0 saturated heterocycles. The number of amides is 4. The van der Waals surface area contributed by atoms with E-state index in [0.717, 1.165) is 11.8 Å². The van der Waals surface area contributed by atoms with Gasteiger partial charge in [-0.05, 0) is 0 Å². The number of imide groups is 1. The largest absolute Gasteiger partial charge is 0.480 e. The molecule has 0 aliphatic carbocycles. The van der Waals surface area contributed by atoms with Gasteiger partial charge < -0.3 is 15.7 Å². The van der Waals surface area contributed by atoms with E-state index in [2.05, 4.69) is 22.5 Å². The number of hydrogen-bond donors (Lipinski definition) is 4. The minimum absolute atomic E-state index is 0.0244. The van der Waals surface area contributed by atoms with Gasteiger partial charge in [0.15, 0.2) is 0 Å². The van der Waals surface area contributed by atoms with Crippen molar-refractivity contribution in [3.63, 3.8) is 0 Å². The monoisotopic (exact) mass is 303 g/mol. The van der Waals surface area contributed by atoms with Gasteiger partial charge in [0.05, 0.1) is 5.75 Å². The molecule has 0 radical (unpaired) electrons. The van der Waals surface area contributed by atoms with Crippen molar-refractivity contribution in [1.29, 1.82) is 0 Å². The third kappa shape index (κ3) is 8.97. The number of nitrogens with one attached hydrogen (secondary N) is 3. The maximum Gasteiger partial charge on any atom is 0.327 e. The zero-order valence-electron chi connectivity index (χ0n) is 11.0.